The highest BCUT2D eigenvalue weighted by Gasteiger charge is 2.38. The molecule has 1 unspecified atom stereocenters. The first-order valence-electron chi connectivity index (χ1n) is 6.62. The van der Waals surface area contributed by atoms with Crippen molar-refractivity contribution in [2.24, 2.45) is 0 Å². The summed E-state index contributed by atoms with van der Waals surface area (Å²) in [6.07, 6.45) is 2.80. The van der Waals surface area contributed by atoms with E-state index in [2.05, 4.69) is 12.6 Å². The van der Waals surface area contributed by atoms with Crippen molar-refractivity contribution < 1.29 is 9.59 Å². The van der Waals surface area contributed by atoms with Crippen molar-refractivity contribution in [3.63, 3.8) is 0 Å². The van der Waals surface area contributed by atoms with E-state index in [0.717, 1.165) is 24.0 Å². The van der Waals surface area contributed by atoms with Crippen LogP contribution in [0.4, 0.5) is 0 Å². The van der Waals surface area contributed by atoms with Crippen molar-refractivity contribution in [3.8, 4) is 6.07 Å². The van der Waals surface area contributed by atoms with E-state index >= 15 is 0 Å². The molecule has 5 heteroatoms. The molecule has 1 saturated carbocycles. The first kappa shape index (κ1) is 13.1. The van der Waals surface area contributed by atoms with Crippen molar-refractivity contribution in [1.29, 1.82) is 5.26 Å². The number of carbonyl (C=O) groups excluding carboxylic acids is 2. The molecule has 1 aromatic heterocycles. The normalized spacial score (nSPS) is 22.6. The summed E-state index contributed by atoms with van der Waals surface area (Å²) in [6.45, 7) is 4.29. The quantitative estimate of drug-likeness (QED) is 0.589. The molecule has 2 heterocycles. The van der Waals surface area contributed by atoms with E-state index in [-0.39, 0.29) is 17.7 Å². The molecule has 1 aliphatic heterocycles. The van der Waals surface area contributed by atoms with E-state index in [0.29, 0.717) is 29.8 Å². The molecule has 3 rings (SSSR count). The van der Waals surface area contributed by atoms with Crippen LogP contribution in [-0.4, -0.2) is 22.6 Å². The van der Waals surface area contributed by atoms with Crippen LogP contribution in [0.2, 0.25) is 0 Å². The number of hydrogen-bond donors (Lipinski definition) is 0. The monoisotopic (exact) mass is 286 g/mol. The maximum absolute atomic E-state index is 12.4. The summed E-state index contributed by atoms with van der Waals surface area (Å²) in [5.74, 6) is -0.0307. The fourth-order valence-corrected chi connectivity index (χ4v) is 3.80. The number of allylic oxidation sites excluding steroid dienone is 1. The number of ketones is 1. The van der Waals surface area contributed by atoms with Crippen LogP contribution in [-0.2, 0) is 11.3 Å². The minimum absolute atomic E-state index is 0.0770. The first-order chi connectivity index (χ1) is 9.61. The fourth-order valence-electron chi connectivity index (χ4n) is 2.95. The van der Waals surface area contributed by atoms with Crippen LogP contribution in [0.25, 0.3) is 0 Å². The molecule has 0 spiro atoms. The Labute approximate surface area is 121 Å². The molecule has 2 aliphatic rings. The summed E-state index contributed by atoms with van der Waals surface area (Å²) in [5.41, 5.74) is 2.34. The summed E-state index contributed by atoms with van der Waals surface area (Å²) in [4.78, 5) is 26.9. The van der Waals surface area contributed by atoms with Gasteiger partial charge in [-0.15, -0.1) is 11.3 Å². The Hall–Kier alpha value is -1.93. The molecule has 1 fully saturated rings. The predicted octanol–water partition coefficient (Wildman–Crippen LogP) is 2.64. The van der Waals surface area contributed by atoms with Crippen LogP contribution >= 0.6 is 11.3 Å². The molecule has 0 N–H and O–H groups in total. The molecule has 1 aromatic rings. The van der Waals surface area contributed by atoms with Gasteiger partial charge in [0.05, 0.1) is 11.6 Å². The number of fused-ring (bicyclic) bond motifs is 1. The molecule has 1 aliphatic carbocycles. The summed E-state index contributed by atoms with van der Waals surface area (Å²) in [7, 11) is 0. The SMILES string of the molecule is C=C1CCCC(N2Cc3c(csc3C#N)C2=O)C(=O)C1. The number of rotatable bonds is 1. The Balaban J connectivity index is 1.88. The molecule has 102 valence electrons. The van der Waals surface area contributed by atoms with Gasteiger partial charge < -0.3 is 4.90 Å². The smallest absolute Gasteiger partial charge is 0.256 e. The molecule has 0 saturated heterocycles. The zero-order valence-electron chi connectivity index (χ0n) is 11.0. The van der Waals surface area contributed by atoms with Crippen molar-refractivity contribution in [3.05, 3.63) is 33.5 Å². The largest absolute Gasteiger partial charge is 0.324 e. The maximum atomic E-state index is 12.4. The van der Waals surface area contributed by atoms with Gasteiger partial charge in [-0.3, -0.25) is 9.59 Å². The minimum Gasteiger partial charge on any atom is -0.324 e. The standard InChI is InChI=1S/C15H14N2O2S/c1-9-3-2-4-12(13(18)5-9)17-7-10-11(15(17)19)8-20-14(10)6-16/h8,12H,1-5,7H2. The van der Waals surface area contributed by atoms with Gasteiger partial charge in [0.25, 0.3) is 5.91 Å². The average molecular weight is 286 g/mol. The zero-order chi connectivity index (χ0) is 14.3. The van der Waals surface area contributed by atoms with Gasteiger partial charge in [0.15, 0.2) is 5.78 Å². The number of thiophene rings is 1. The zero-order valence-corrected chi connectivity index (χ0v) is 11.8. The maximum Gasteiger partial charge on any atom is 0.256 e. The van der Waals surface area contributed by atoms with Gasteiger partial charge in [-0.05, 0) is 19.3 Å². The highest BCUT2D eigenvalue weighted by atomic mass is 32.1. The van der Waals surface area contributed by atoms with E-state index < -0.39 is 0 Å². The summed E-state index contributed by atoms with van der Waals surface area (Å²) >= 11 is 1.30. The number of nitrogens with zero attached hydrogens (tertiary/aromatic N) is 2. The second-order valence-electron chi connectivity index (χ2n) is 5.30. The summed E-state index contributed by atoms with van der Waals surface area (Å²) in [5, 5.41) is 10.8. The number of hydrogen-bond acceptors (Lipinski definition) is 4. The van der Waals surface area contributed by atoms with E-state index in [4.69, 9.17) is 5.26 Å². The Morgan fingerprint density at radius 3 is 3.00 bits per heavy atom. The van der Waals surface area contributed by atoms with E-state index in [1.165, 1.54) is 11.3 Å². The lowest BCUT2D eigenvalue weighted by Crippen LogP contribution is -2.40. The van der Waals surface area contributed by atoms with Gasteiger partial charge in [-0.25, -0.2) is 0 Å². The Morgan fingerprint density at radius 2 is 2.25 bits per heavy atom. The van der Waals surface area contributed by atoms with Crippen LogP contribution in [0.5, 0.6) is 0 Å². The third-order valence-electron chi connectivity index (χ3n) is 4.00. The van der Waals surface area contributed by atoms with Crippen LogP contribution in [0, 0.1) is 11.3 Å². The lowest BCUT2D eigenvalue weighted by molar-refractivity contribution is -0.122. The molecular formula is C15H14N2O2S. The molecule has 0 radical (unpaired) electrons. The molecule has 20 heavy (non-hydrogen) atoms. The number of carbonyl (C=O) groups is 2. The molecule has 4 nitrogen and oxygen atoms in total. The molecule has 1 atom stereocenters. The third-order valence-corrected chi connectivity index (χ3v) is 4.92. The van der Waals surface area contributed by atoms with Gasteiger partial charge in [0.1, 0.15) is 10.9 Å². The number of Topliss-reactive ketones (excluding diaryl/α,β-unsaturated/α-hetero) is 1. The van der Waals surface area contributed by atoms with Gasteiger partial charge in [-0.1, -0.05) is 12.2 Å². The molecular weight excluding hydrogens is 272 g/mol. The van der Waals surface area contributed by atoms with Crippen LogP contribution < -0.4 is 0 Å². The molecule has 0 bridgehead atoms. The van der Waals surface area contributed by atoms with E-state index in [9.17, 15) is 9.59 Å². The third kappa shape index (κ3) is 1.97. The van der Waals surface area contributed by atoms with Crippen molar-refractivity contribution in [2.75, 3.05) is 0 Å². The van der Waals surface area contributed by atoms with Gasteiger partial charge in [0.2, 0.25) is 0 Å². The van der Waals surface area contributed by atoms with Crippen molar-refractivity contribution >= 4 is 23.0 Å². The van der Waals surface area contributed by atoms with Crippen molar-refractivity contribution in [1.82, 2.24) is 4.90 Å². The van der Waals surface area contributed by atoms with E-state index in [1.54, 1.807) is 10.3 Å². The Kier molecular flexibility index (Phi) is 3.19. The Morgan fingerprint density at radius 1 is 1.45 bits per heavy atom. The summed E-state index contributed by atoms with van der Waals surface area (Å²) < 4.78 is 0. The van der Waals surface area contributed by atoms with Gasteiger partial charge in [0, 0.05) is 23.9 Å². The fraction of sp³-hybridized carbons (Fsp3) is 0.400. The van der Waals surface area contributed by atoms with Gasteiger partial charge >= 0.3 is 0 Å². The van der Waals surface area contributed by atoms with Crippen molar-refractivity contribution in [2.45, 2.75) is 38.3 Å². The lowest BCUT2D eigenvalue weighted by atomic mass is 10.1. The highest BCUT2D eigenvalue weighted by molar-refractivity contribution is 7.11. The van der Waals surface area contributed by atoms with Crippen LogP contribution in [0.15, 0.2) is 17.5 Å². The first-order valence-corrected chi connectivity index (χ1v) is 7.50. The predicted molar refractivity (Wildman–Crippen MR) is 75.3 cm³/mol. The topological polar surface area (TPSA) is 61.2 Å². The molecule has 0 aromatic carbocycles. The number of amides is 1. The second kappa shape index (κ2) is 4.88. The molecule has 1 amide bonds. The van der Waals surface area contributed by atoms with E-state index in [1.807, 2.05) is 0 Å². The highest BCUT2D eigenvalue weighted by Crippen LogP contribution is 2.34. The number of nitriles is 1. The lowest BCUT2D eigenvalue weighted by Gasteiger charge is -2.25. The summed E-state index contributed by atoms with van der Waals surface area (Å²) in [6, 6.07) is 1.77. The second-order valence-corrected chi connectivity index (χ2v) is 6.18. The minimum atomic E-state index is -0.356. The average Bonchev–Trinajstić information content (AvgIpc) is 2.90. The van der Waals surface area contributed by atoms with Gasteiger partial charge in [-0.2, -0.15) is 5.26 Å². The van der Waals surface area contributed by atoms with Crippen LogP contribution in [0.3, 0.4) is 0 Å². The Bertz CT molecular complexity index is 653. The van der Waals surface area contributed by atoms with Crippen LogP contribution in [0.1, 0.15) is 46.5 Å².